The summed E-state index contributed by atoms with van der Waals surface area (Å²) in [7, 11) is 0. The molecule has 0 fully saturated rings. The molecule has 1 rings (SSSR count). The van der Waals surface area contributed by atoms with Gasteiger partial charge in [0.25, 0.3) is 0 Å². The van der Waals surface area contributed by atoms with Crippen molar-refractivity contribution in [2.24, 2.45) is 0 Å². The van der Waals surface area contributed by atoms with Crippen LogP contribution in [0, 0.1) is 6.92 Å². The van der Waals surface area contributed by atoms with Crippen LogP contribution in [0.4, 0.5) is 11.8 Å². The van der Waals surface area contributed by atoms with E-state index in [2.05, 4.69) is 15.3 Å². The molecule has 78 valence electrons. The van der Waals surface area contributed by atoms with Gasteiger partial charge in [-0.05, 0) is 19.8 Å². The first kappa shape index (κ1) is 10.7. The van der Waals surface area contributed by atoms with E-state index in [9.17, 15) is 0 Å². The number of aliphatic hydroxyl groups is 1. The monoisotopic (exact) mass is 196 g/mol. The Morgan fingerprint density at radius 2 is 2.21 bits per heavy atom. The van der Waals surface area contributed by atoms with Crippen LogP contribution >= 0.6 is 0 Å². The third-order valence-electron chi connectivity index (χ3n) is 1.76. The van der Waals surface area contributed by atoms with Crippen molar-refractivity contribution in [3.05, 3.63) is 11.8 Å². The molecule has 0 unspecified atom stereocenters. The minimum absolute atomic E-state index is 0.229. The molecule has 0 amide bonds. The summed E-state index contributed by atoms with van der Waals surface area (Å²) in [6, 6.07) is 1.84. The van der Waals surface area contributed by atoms with Crippen LogP contribution in [-0.2, 0) is 0 Å². The average molecular weight is 196 g/mol. The Bertz CT molecular complexity index is 270. The second-order valence-corrected chi connectivity index (χ2v) is 3.11. The number of aliphatic hydroxyl groups excluding tert-OH is 1. The summed E-state index contributed by atoms with van der Waals surface area (Å²) in [6.45, 7) is 2.89. The lowest BCUT2D eigenvalue weighted by atomic mass is 10.3. The molecular formula is C9H16N4O. The predicted octanol–water partition coefficient (Wildman–Crippen LogP) is 0.552. The Morgan fingerprint density at radius 1 is 1.43 bits per heavy atom. The fraction of sp³-hybridized carbons (Fsp3) is 0.556. The first-order valence-corrected chi connectivity index (χ1v) is 4.68. The predicted molar refractivity (Wildman–Crippen MR) is 56.0 cm³/mol. The molecule has 0 saturated carbocycles. The SMILES string of the molecule is Cc1cc(NCCCCO)nc(N)n1. The van der Waals surface area contributed by atoms with E-state index in [1.54, 1.807) is 0 Å². The third kappa shape index (κ3) is 3.57. The summed E-state index contributed by atoms with van der Waals surface area (Å²) in [5, 5.41) is 11.7. The first-order valence-electron chi connectivity index (χ1n) is 4.68. The van der Waals surface area contributed by atoms with Gasteiger partial charge in [-0.15, -0.1) is 0 Å². The van der Waals surface area contributed by atoms with E-state index in [4.69, 9.17) is 10.8 Å². The average Bonchev–Trinajstić information content (AvgIpc) is 2.11. The molecule has 4 N–H and O–H groups in total. The molecule has 0 spiro atoms. The van der Waals surface area contributed by atoms with E-state index >= 15 is 0 Å². The minimum Gasteiger partial charge on any atom is -0.396 e. The Balaban J connectivity index is 2.42. The van der Waals surface area contributed by atoms with Crippen LogP contribution in [0.1, 0.15) is 18.5 Å². The van der Waals surface area contributed by atoms with E-state index in [1.165, 1.54) is 0 Å². The fourth-order valence-corrected chi connectivity index (χ4v) is 1.14. The van der Waals surface area contributed by atoms with Crippen LogP contribution < -0.4 is 11.1 Å². The molecular weight excluding hydrogens is 180 g/mol. The summed E-state index contributed by atoms with van der Waals surface area (Å²) >= 11 is 0. The fourth-order valence-electron chi connectivity index (χ4n) is 1.14. The molecule has 0 bridgehead atoms. The minimum atomic E-state index is 0.229. The number of nitrogens with zero attached hydrogens (tertiary/aromatic N) is 2. The van der Waals surface area contributed by atoms with E-state index in [0.29, 0.717) is 0 Å². The van der Waals surface area contributed by atoms with Crippen LogP contribution in [0.15, 0.2) is 6.07 Å². The number of aromatic nitrogens is 2. The molecule has 0 aliphatic carbocycles. The maximum absolute atomic E-state index is 8.58. The van der Waals surface area contributed by atoms with Gasteiger partial charge in [0.2, 0.25) is 5.95 Å². The van der Waals surface area contributed by atoms with Crippen molar-refractivity contribution in [1.29, 1.82) is 0 Å². The summed E-state index contributed by atoms with van der Waals surface area (Å²) in [6.07, 6.45) is 1.71. The number of hydrogen-bond acceptors (Lipinski definition) is 5. The lowest BCUT2D eigenvalue weighted by molar-refractivity contribution is 0.286. The number of hydrogen-bond donors (Lipinski definition) is 3. The largest absolute Gasteiger partial charge is 0.396 e. The second-order valence-electron chi connectivity index (χ2n) is 3.11. The quantitative estimate of drug-likeness (QED) is 0.599. The number of rotatable bonds is 5. The van der Waals surface area contributed by atoms with Gasteiger partial charge in [0.1, 0.15) is 5.82 Å². The smallest absolute Gasteiger partial charge is 0.222 e. The highest BCUT2D eigenvalue weighted by Gasteiger charge is 1.97. The van der Waals surface area contributed by atoms with E-state index in [0.717, 1.165) is 30.9 Å². The molecule has 5 nitrogen and oxygen atoms in total. The highest BCUT2D eigenvalue weighted by molar-refractivity contribution is 5.39. The molecule has 1 aromatic heterocycles. The van der Waals surface area contributed by atoms with Crippen molar-refractivity contribution < 1.29 is 5.11 Å². The maximum atomic E-state index is 8.58. The van der Waals surface area contributed by atoms with Gasteiger partial charge in [-0.25, -0.2) is 4.98 Å². The van der Waals surface area contributed by atoms with Crippen molar-refractivity contribution in [3.8, 4) is 0 Å². The number of nitrogen functional groups attached to an aromatic ring is 1. The molecule has 0 radical (unpaired) electrons. The van der Waals surface area contributed by atoms with Gasteiger partial charge in [0.15, 0.2) is 0 Å². The maximum Gasteiger partial charge on any atom is 0.222 e. The van der Waals surface area contributed by atoms with Gasteiger partial charge in [0, 0.05) is 24.9 Å². The van der Waals surface area contributed by atoms with Crippen molar-refractivity contribution in [2.75, 3.05) is 24.2 Å². The lowest BCUT2D eigenvalue weighted by Crippen LogP contribution is -2.06. The zero-order chi connectivity index (χ0) is 10.4. The van der Waals surface area contributed by atoms with E-state index < -0.39 is 0 Å². The molecule has 5 heteroatoms. The highest BCUT2D eigenvalue weighted by Crippen LogP contribution is 2.06. The normalized spacial score (nSPS) is 10.1. The number of nitrogens with two attached hydrogens (primary N) is 1. The molecule has 1 aromatic rings. The van der Waals surface area contributed by atoms with Crippen LogP contribution in [0.3, 0.4) is 0 Å². The Kier molecular flexibility index (Phi) is 4.12. The number of unbranched alkanes of at least 4 members (excludes halogenated alkanes) is 1. The van der Waals surface area contributed by atoms with Crippen molar-refractivity contribution >= 4 is 11.8 Å². The molecule has 0 aromatic carbocycles. The topological polar surface area (TPSA) is 84.1 Å². The van der Waals surface area contributed by atoms with Gasteiger partial charge in [-0.2, -0.15) is 4.98 Å². The first-order chi connectivity index (χ1) is 6.72. The van der Waals surface area contributed by atoms with Gasteiger partial charge >= 0.3 is 0 Å². The van der Waals surface area contributed by atoms with Gasteiger partial charge in [0.05, 0.1) is 0 Å². The van der Waals surface area contributed by atoms with Crippen LogP contribution in [-0.4, -0.2) is 28.2 Å². The van der Waals surface area contributed by atoms with Crippen LogP contribution in [0.2, 0.25) is 0 Å². The summed E-state index contributed by atoms with van der Waals surface area (Å²) in [4.78, 5) is 7.99. The zero-order valence-electron chi connectivity index (χ0n) is 8.32. The lowest BCUT2D eigenvalue weighted by Gasteiger charge is -2.05. The summed E-state index contributed by atoms with van der Waals surface area (Å²) < 4.78 is 0. The van der Waals surface area contributed by atoms with Crippen molar-refractivity contribution in [1.82, 2.24) is 9.97 Å². The number of aryl methyl sites for hydroxylation is 1. The Labute approximate surface area is 83.4 Å². The highest BCUT2D eigenvalue weighted by atomic mass is 16.2. The molecule has 0 saturated heterocycles. The summed E-state index contributed by atoms with van der Waals surface area (Å²) in [5.41, 5.74) is 6.34. The number of nitrogens with one attached hydrogen (secondary N) is 1. The molecule has 0 atom stereocenters. The standard InChI is InChI=1S/C9H16N4O/c1-7-6-8(13-9(10)12-7)11-4-2-3-5-14/h6,14H,2-5H2,1H3,(H3,10,11,12,13). The van der Waals surface area contributed by atoms with E-state index in [-0.39, 0.29) is 12.6 Å². The molecule has 1 heterocycles. The van der Waals surface area contributed by atoms with Crippen molar-refractivity contribution in [3.63, 3.8) is 0 Å². The van der Waals surface area contributed by atoms with E-state index in [1.807, 2.05) is 13.0 Å². The van der Waals surface area contributed by atoms with Gasteiger partial charge < -0.3 is 16.2 Å². The van der Waals surface area contributed by atoms with Gasteiger partial charge in [-0.1, -0.05) is 0 Å². The van der Waals surface area contributed by atoms with Crippen LogP contribution in [0.25, 0.3) is 0 Å². The second kappa shape index (κ2) is 5.39. The van der Waals surface area contributed by atoms with Crippen molar-refractivity contribution in [2.45, 2.75) is 19.8 Å². The Morgan fingerprint density at radius 3 is 2.86 bits per heavy atom. The third-order valence-corrected chi connectivity index (χ3v) is 1.76. The zero-order valence-corrected chi connectivity index (χ0v) is 8.32. The summed E-state index contributed by atoms with van der Waals surface area (Å²) in [5.74, 6) is 1.03. The van der Waals surface area contributed by atoms with Gasteiger partial charge in [-0.3, -0.25) is 0 Å². The van der Waals surface area contributed by atoms with Crippen LogP contribution in [0.5, 0.6) is 0 Å². The molecule has 0 aliphatic heterocycles. The molecule has 0 aliphatic rings. The Hall–Kier alpha value is -1.36. The number of anilines is 2. The molecule has 14 heavy (non-hydrogen) atoms.